The summed E-state index contributed by atoms with van der Waals surface area (Å²) in [6.07, 6.45) is 1.78. The quantitative estimate of drug-likeness (QED) is 0.198. The summed E-state index contributed by atoms with van der Waals surface area (Å²) in [6.45, 7) is 2.26. The van der Waals surface area contributed by atoms with Gasteiger partial charge in [0, 0.05) is 7.05 Å². The van der Waals surface area contributed by atoms with Crippen molar-refractivity contribution in [3.8, 4) is 5.75 Å². The van der Waals surface area contributed by atoms with E-state index in [2.05, 4.69) is 36.9 Å². The maximum Gasteiger partial charge on any atom is 0.338 e. The summed E-state index contributed by atoms with van der Waals surface area (Å²) in [6, 6.07) is 16.6. The Morgan fingerprint density at radius 3 is 2.46 bits per heavy atom. The zero-order valence-corrected chi connectivity index (χ0v) is 23.8. The van der Waals surface area contributed by atoms with Crippen molar-refractivity contribution in [2.45, 2.75) is 13.5 Å². The van der Waals surface area contributed by atoms with Crippen LogP contribution in [0.25, 0.3) is 6.08 Å². The molecule has 0 saturated carbocycles. The van der Waals surface area contributed by atoms with E-state index in [-0.39, 0.29) is 18.3 Å². The average molecular weight is 648 g/mol. The number of halogens is 3. The van der Waals surface area contributed by atoms with Crippen LogP contribution in [0.1, 0.15) is 28.4 Å². The zero-order chi connectivity index (χ0) is 26.5. The van der Waals surface area contributed by atoms with E-state index in [0.717, 1.165) is 5.56 Å². The normalized spacial score (nSPS) is 15.5. The third kappa shape index (κ3) is 6.68. The van der Waals surface area contributed by atoms with Crippen molar-refractivity contribution >= 4 is 72.4 Å². The highest BCUT2D eigenvalue weighted by molar-refractivity contribution is 9.11. The molecule has 0 aromatic heterocycles. The number of carbonyl (C=O) groups excluding carboxylic acids is 2. The molecule has 1 amide bonds. The fourth-order valence-electron chi connectivity index (χ4n) is 3.38. The van der Waals surface area contributed by atoms with Crippen LogP contribution in [0.4, 0.5) is 10.1 Å². The summed E-state index contributed by atoms with van der Waals surface area (Å²) < 4.78 is 25.7. The lowest BCUT2D eigenvalue weighted by atomic mass is 10.2. The van der Waals surface area contributed by atoms with Gasteiger partial charge in [0.05, 0.1) is 31.7 Å². The highest BCUT2D eigenvalue weighted by Crippen LogP contribution is 2.38. The summed E-state index contributed by atoms with van der Waals surface area (Å²) >= 11 is 8.31. The molecular weight excluding hydrogens is 627 g/mol. The number of nitrogens with zero attached hydrogens (tertiary/aromatic N) is 2. The molecule has 0 spiro atoms. The number of rotatable bonds is 7. The second-order valence-electron chi connectivity index (χ2n) is 7.87. The van der Waals surface area contributed by atoms with Crippen LogP contribution in [0.3, 0.4) is 0 Å². The number of ether oxygens (including phenoxy) is 2. The molecule has 6 nitrogen and oxygen atoms in total. The van der Waals surface area contributed by atoms with Gasteiger partial charge in [-0.3, -0.25) is 9.69 Å². The fraction of sp³-hybridized carbons (Fsp3) is 0.148. The Hall–Kier alpha value is -2.95. The molecule has 37 heavy (non-hydrogen) atoms. The van der Waals surface area contributed by atoms with E-state index < -0.39 is 5.97 Å². The predicted octanol–water partition coefficient (Wildman–Crippen LogP) is 7.34. The van der Waals surface area contributed by atoms with Gasteiger partial charge >= 0.3 is 5.97 Å². The minimum Gasteiger partial charge on any atom is -0.487 e. The summed E-state index contributed by atoms with van der Waals surface area (Å²) in [5.41, 5.74) is 2.54. The Bertz CT molecular complexity index is 1390. The maximum atomic E-state index is 13.4. The first-order valence-electron chi connectivity index (χ1n) is 11.1. The highest BCUT2D eigenvalue weighted by Gasteiger charge is 2.30. The van der Waals surface area contributed by atoms with Crippen LogP contribution in [-0.4, -0.2) is 35.6 Å². The van der Waals surface area contributed by atoms with E-state index >= 15 is 0 Å². The Balaban J connectivity index is 1.50. The molecular formula is C27H21Br2FN2O4S. The van der Waals surface area contributed by atoms with Crippen LogP contribution >= 0.6 is 43.6 Å². The van der Waals surface area contributed by atoms with Gasteiger partial charge in [0.2, 0.25) is 0 Å². The number of hydrogen-bond acceptors (Lipinski definition) is 6. The molecule has 4 rings (SSSR count). The molecule has 0 aliphatic carbocycles. The van der Waals surface area contributed by atoms with Gasteiger partial charge in [-0.25, -0.2) is 14.2 Å². The number of carbonyl (C=O) groups is 2. The molecule has 3 aromatic carbocycles. The minimum atomic E-state index is -0.392. The SMILES string of the molecule is CCOC(=O)c1ccc(N=C2S/C(=C\c3cc(Br)c(OCc4cccc(F)c4)c(Br)c3)C(=O)N2C)cc1. The largest absolute Gasteiger partial charge is 0.487 e. The zero-order valence-electron chi connectivity index (χ0n) is 19.8. The Labute approximate surface area is 234 Å². The number of amides is 1. The van der Waals surface area contributed by atoms with Gasteiger partial charge < -0.3 is 9.47 Å². The van der Waals surface area contributed by atoms with E-state index in [4.69, 9.17) is 9.47 Å². The lowest BCUT2D eigenvalue weighted by Gasteiger charge is -2.12. The van der Waals surface area contributed by atoms with Crippen molar-refractivity contribution in [3.63, 3.8) is 0 Å². The number of esters is 1. The first-order chi connectivity index (χ1) is 17.7. The second kappa shape index (κ2) is 12.1. The van der Waals surface area contributed by atoms with Crippen molar-refractivity contribution in [3.05, 3.63) is 97.0 Å². The first-order valence-corrected chi connectivity index (χ1v) is 13.5. The average Bonchev–Trinajstić information content (AvgIpc) is 3.11. The van der Waals surface area contributed by atoms with E-state index in [0.29, 0.717) is 48.2 Å². The molecule has 1 aliphatic heterocycles. The van der Waals surface area contributed by atoms with Crippen LogP contribution in [-0.2, 0) is 16.1 Å². The highest BCUT2D eigenvalue weighted by atomic mass is 79.9. The van der Waals surface area contributed by atoms with Crippen molar-refractivity contribution < 1.29 is 23.5 Å². The van der Waals surface area contributed by atoms with E-state index in [9.17, 15) is 14.0 Å². The first kappa shape index (κ1) is 27.1. The van der Waals surface area contributed by atoms with Gasteiger partial charge in [-0.2, -0.15) is 0 Å². The van der Waals surface area contributed by atoms with Gasteiger partial charge in [0.25, 0.3) is 5.91 Å². The standard InChI is InChI=1S/C27H21Br2FN2O4S/c1-3-35-26(34)18-7-9-20(10-8-18)31-27-32(2)25(33)23(37-27)14-17-12-21(28)24(22(29)13-17)36-15-16-5-4-6-19(30)11-16/h4-14H,3,15H2,1-2H3/b23-14-,31-27?. The fourth-order valence-corrected chi connectivity index (χ4v) is 5.82. The molecule has 0 radical (unpaired) electrons. The van der Waals surface area contributed by atoms with Gasteiger partial charge in [-0.05, 0) is 116 Å². The predicted molar refractivity (Wildman–Crippen MR) is 150 cm³/mol. The van der Waals surface area contributed by atoms with Crippen LogP contribution in [0.15, 0.2) is 79.5 Å². The summed E-state index contributed by atoms with van der Waals surface area (Å²) in [7, 11) is 1.66. The van der Waals surface area contributed by atoms with Crippen molar-refractivity contribution in [1.29, 1.82) is 0 Å². The number of likely N-dealkylation sites (N-methyl/N-ethyl adjacent to an activating group) is 1. The third-order valence-corrected chi connectivity index (χ3v) is 7.44. The van der Waals surface area contributed by atoms with Gasteiger partial charge in [-0.1, -0.05) is 12.1 Å². The van der Waals surface area contributed by atoms with Crippen LogP contribution in [0.2, 0.25) is 0 Å². The molecule has 190 valence electrons. The summed E-state index contributed by atoms with van der Waals surface area (Å²) in [4.78, 5) is 31.3. The molecule has 1 fully saturated rings. The molecule has 1 saturated heterocycles. The Morgan fingerprint density at radius 2 is 1.81 bits per heavy atom. The van der Waals surface area contributed by atoms with Crippen LogP contribution in [0.5, 0.6) is 5.75 Å². The molecule has 1 aliphatic rings. The smallest absolute Gasteiger partial charge is 0.338 e. The number of amidine groups is 1. The summed E-state index contributed by atoms with van der Waals surface area (Å²) in [5.74, 6) is -0.313. The van der Waals surface area contributed by atoms with Crippen molar-refractivity contribution in [2.75, 3.05) is 13.7 Å². The minimum absolute atomic E-state index is 0.175. The number of benzene rings is 3. The van der Waals surface area contributed by atoms with Crippen LogP contribution < -0.4 is 4.74 Å². The molecule has 3 aromatic rings. The van der Waals surface area contributed by atoms with Crippen molar-refractivity contribution in [2.24, 2.45) is 4.99 Å². The molecule has 0 atom stereocenters. The summed E-state index contributed by atoms with van der Waals surface area (Å²) in [5, 5.41) is 0.522. The third-order valence-electron chi connectivity index (χ3n) is 5.20. The van der Waals surface area contributed by atoms with E-state index in [1.807, 2.05) is 12.1 Å². The molecule has 10 heteroatoms. The number of hydrogen-bond donors (Lipinski definition) is 0. The monoisotopic (exact) mass is 646 g/mol. The molecule has 0 N–H and O–H groups in total. The van der Waals surface area contributed by atoms with Gasteiger partial charge in [0.1, 0.15) is 18.2 Å². The maximum absolute atomic E-state index is 13.4. The van der Waals surface area contributed by atoms with Gasteiger partial charge in [-0.15, -0.1) is 0 Å². The Kier molecular flexibility index (Phi) is 8.83. The van der Waals surface area contributed by atoms with Crippen LogP contribution in [0, 0.1) is 5.82 Å². The lowest BCUT2D eigenvalue weighted by molar-refractivity contribution is -0.121. The molecule has 0 bridgehead atoms. The van der Waals surface area contributed by atoms with E-state index in [1.54, 1.807) is 56.4 Å². The van der Waals surface area contributed by atoms with Gasteiger partial charge in [0.15, 0.2) is 5.17 Å². The second-order valence-corrected chi connectivity index (χ2v) is 10.6. The topological polar surface area (TPSA) is 68.2 Å². The molecule has 1 heterocycles. The van der Waals surface area contributed by atoms with E-state index in [1.165, 1.54) is 28.8 Å². The number of aliphatic imine (C=N–C) groups is 1. The van der Waals surface area contributed by atoms with Crippen molar-refractivity contribution in [1.82, 2.24) is 4.90 Å². The number of thioether (sulfide) groups is 1. The molecule has 0 unspecified atom stereocenters. The Morgan fingerprint density at radius 1 is 1.11 bits per heavy atom. The lowest BCUT2D eigenvalue weighted by Crippen LogP contribution is -2.23.